The molecule has 0 radical (unpaired) electrons. The lowest BCUT2D eigenvalue weighted by atomic mass is 9.75. The molecule has 1 aromatic rings. The van der Waals surface area contributed by atoms with Gasteiger partial charge in [0.15, 0.2) is 0 Å². The number of halogens is 1. The molecule has 0 unspecified atom stereocenters. The molecule has 0 heterocycles. The minimum Gasteiger partial charge on any atom is -0.394 e. The molecule has 100 valence electrons. The SMILES string of the molecule is OCCOCCNC1CC(c2ccccc2F)C1. The van der Waals surface area contributed by atoms with Gasteiger partial charge in [-0.05, 0) is 30.4 Å². The second-order valence-electron chi connectivity index (χ2n) is 4.68. The van der Waals surface area contributed by atoms with E-state index in [1.807, 2.05) is 12.1 Å². The van der Waals surface area contributed by atoms with E-state index in [0.29, 0.717) is 25.2 Å². The molecule has 2 rings (SSSR count). The number of aliphatic hydroxyl groups is 1. The Hall–Kier alpha value is -0.970. The summed E-state index contributed by atoms with van der Waals surface area (Å²) >= 11 is 0. The summed E-state index contributed by atoms with van der Waals surface area (Å²) in [4.78, 5) is 0. The summed E-state index contributed by atoms with van der Waals surface area (Å²) in [6.07, 6.45) is 1.97. The molecule has 2 N–H and O–H groups in total. The fourth-order valence-corrected chi connectivity index (χ4v) is 2.35. The van der Waals surface area contributed by atoms with Gasteiger partial charge in [-0.2, -0.15) is 0 Å². The maximum absolute atomic E-state index is 13.5. The van der Waals surface area contributed by atoms with Crippen LogP contribution in [-0.4, -0.2) is 37.5 Å². The number of hydrogen-bond donors (Lipinski definition) is 2. The fraction of sp³-hybridized carbons (Fsp3) is 0.571. The molecule has 1 aromatic carbocycles. The molecule has 1 fully saturated rings. The Morgan fingerprint density at radius 2 is 2.06 bits per heavy atom. The van der Waals surface area contributed by atoms with Crippen molar-refractivity contribution in [1.82, 2.24) is 5.32 Å². The van der Waals surface area contributed by atoms with Crippen LogP contribution < -0.4 is 5.32 Å². The Morgan fingerprint density at radius 1 is 1.28 bits per heavy atom. The number of ether oxygens (including phenoxy) is 1. The first kappa shape index (κ1) is 13.5. The molecule has 0 aliphatic heterocycles. The summed E-state index contributed by atoms with van der Waals surface area (Å²) in [5.74, 6) is 0.259. The monoisotopic (exact) mass is 253 g/mol. The van der Waals surface area contributed by atoms with Crippen molar-refractivity contribution < 1.29 is 14.2 Å². The van der Waals surface area contributed by atoms with Gasteiger partial charge in [0.1, 0.15) is 5.82 Å². The molecule has 0 atom stereocenters. The summed E-state index contributed by atoms with van der Waals surface area (Å²) in [5, 5.41) is 11.9. The molecule has 0 saturated heterocycles. The van der Waals surface area contributed by atoms with Gasteiger partial charge in [0.2, 0.25) is 0 Å². The number of nitrogens with one attached hydrogen (secondary N) is 1. The molecule has 4 heteroatoms. The average Bonchev–Trinajstić information content (AvgIpc) is 2.33. The van der Waals surface area contributed by atoms with E-state index in [4.69, 9.17) is 9.84 Å². The van der Waals surface area contributed by atoms with Gasteiger partial charge in [0.25, 0.3) is 0 Å². The molecule has 0 spiro atoms. The van der Waals surface area contributed by atoms with Crippen LogP contribution in [0.5, 0.6) is 0 Å². The molecule has 0 amide bonds. The van der Waals surface area contributed by atoms with Crippen LogP contribution in [0.25, 0.3) is 0 Å². The van der Waals surface area contributed by atoms with E-state index >= 15 is 0 Å². The quantitative estimate of drug-likeness (QED) is 0.726. The van der Waals surface area contributed by atoms with Crippen molar-refractivity contribution in [2.75, 3.05) is 26.4 Å². The van der Waals surface area contributed by atoms with Gasteiger partial charge in [-0.3, -0.25) is 0 Å². The minimum absolute atomic E-state index is 0.0682. The van der Waals surface area contributed by atoms with E-state index in [-0.39, 0.29) is 12.4 Å². The Labute approximate surface area is 107 Å². The van der Waals surface area contributed by atoms with Crippen LogP contribution in [0.15, 0.2) is 24.3 Å². The van der Waals surface area contributed by atoms with Crippen LogP contribution in [0.2, 0.25) is 0 Å². The second kappa shape index (κ2) is 6.83. The lowest BCUT2D eigenvalue weighted by Gasteiger charge is -2.36. The minimum atomic E-state index is -0.0905. The molecule has 18 heavy (non-hydrogen) atoms. The van der Waals surface area contributed by atoms with Gasteiger partial charge < -0.3 is 15.2 Å². The standard InChI is InChI=1S/C14H20FNO2/c15-14-4-2-1-3-13(14)11-9-12(10-11)16-5-7-18-8-6-17/h1-4,11-12,16-17H,5-10H2. The highest BCUT2D eigenvalue weighted by molar-refractivity contribution is 5.24. The van der Waals surface area contributed by atoms with Crippen molar-refractivity contribution in [3.8, 4) is 0 Å². The van der Waals surface area contributed by atoms with Gasteiger partial charge in [0, 0.05) is 12.6 Å². The van der Waals surface area contributed by atoms with E-state index in [2.05, 4.69) is 5.32 Å². The van der Waals surface area contributed by atoms with Gasteiger partial charge in [-0.15, -0.1) is 0 Å². The van der Waals surface area contributed by atoms with Crippen molar-refractivity contribution in [2.24, 2.45) is 0 Å². The van der Waals surface area contributed by atoms with Gasteiger partial charge in [-0.25, -0.2) is 4.39 Å². The predicted octanol–water partition coefficient (Wildman–Crippen LogP) is 1.67. The van der Waals surface area contributed by atoms with E-state index in [0.717, 1.165) is 24.9 Å². The van der Waals surface area contributed by atoms with Crippen LogP contribution in [-0.2, 0) is 4.74 Å². The largest absolute Gasteiger partial charge is 0.394 e. The average molecular weight is 253 g/mol. The number of benzene rings is 1. The first-order valence-corrected chi connectivity index (χ1v) is 6.47. The van der Waals surface area contributed by atoms with Crippen LogP contribution in [0, 0.1) is 5.82 Å². The Balaban J connectivity index is 1.64. The highest BCUT2D eigenvalue weighted by atomic mass is 19.1. The zero-order chi connectivity index (χ0) is 12.8. The lowest BCUT2D eigenvalue weighted by molar-refractivity contribution is 0.0900. The first-order chi connectivity index (χ1) is 8.81. The zero-order valence-electron chi connectivity index (χ0n) is 10.4. The predicted molar refractivity (Wildman–Crippen MR) is 68.1 cm³/mol. The lowest BCUT2D eigenvalue weighted by Crippen LogP contribution is -2.41. The summed E-state index contributed by atoms with van der Waals surface area (Å²) in [5.41, 5.74) is 0.840. The van der Waals surface area contributed by atoms with E-state index in [1.54, 1.807) is 6.07 Å². The maximum Gasteiger partial charge on any atom is 0.126 e. The van der Waals surface area contributed by atoms with Crippen molar-refractivity contribution in [3.05, 3.63) is 35.6 Å². The summed E-state index contributed by atoms with van der Waals surface area (Å²) in [7, 11) is 0. The molecule has 0 aromatic heterocycles. The molecular weight excluding hydrogens is 233 g/mol. The van der Waals surface area contributed by atoms with E-state index in [9.17, 15) is 4.39 Å². The maximum atomic E-state index is 13.5. The Bertz CT molecular complexity index is 367. The molecule has 1 aliphatic rings. The van der Waals surface area contributed by atoms with E-state index in [1.165, 1.54) is 6.07 Å². The first-order valence-electron chi connectivity index (χ1n) is 6.47. The highest BCUT2D eigenvalue weighted by Gasteiger charge is 2.31. The third kappa shape index (κ3) is 3.51. The normalized spacial score (nSPS) is 22.8. The van der Waals surface area contributed by atoms with Gasteiger partial charge in [0.05, 0.1) is 19.8 Å². The van der Waals surface area contributed by atoms with Crippen LogP contribution >= 0.6 is 0 Å². The Morgan fingerprint density at radius 3 is 2.78 bits per heavy atom. The number of rotatable bonds is 7. The van der Waals surface area contributed by atoms with Crippen LogP contribution in [0.3, 0.4) is 0 Å². The smallest absolute Gasteiger partial charge is 0.126 e. The van der Waals surface area contributed by atoms with E-state index < -0.39 is 0 Å². The van der Waals surface area contributed by atoms with Crippen molar-refractivity contribution >= 4 is 0 Å². The third-order valence-electron chi connectivity index (χ3n) is 3.40. The summed E-state index contributed by atoms with van der Waals surface area (Å²) in [6, 6.07) is 7.49. The van der Waals surface area contributed by atoms with Gasteiger partial charge in [-0.1, -0.05) is 18.2 Å². The Kier molecular flexibility index (Phi) is 5.11. The van der Waals surface area contributed by atoms with Crippen LogP contribution in [0.1, 0.15) is 24.3 Å². The van der Waals surface area contributed by atoms with Crippen LogP contribution in [0.4, 0.5) is 4.39 Å². The van der Waals surface area contributed by atoms with Crippen molar-refractivity contribution in [1.29, 1.82) is 0 Å². The molecule has 0 bridgehead atoms. The third-order valence-corrected chi connectivity index (χ3v) is 3.40. The zero-order valence-corrected chi connectivity index (χ0v) is 10.4. The molecule has 1 saturated carbocycles. The summed E-state index contributed by atoms with van der Waals surface area (Å²) in [6.45, 7) is 1.86. The second-order valence-corrected chi connectivity index (χ2v) is 4.68. The van der Waals surface area contributed by atoms with Crippen molar-refractivity contribution in [3.63, 3.8) is 0 Å². The van der Waals surface area contributed by atoms with Crippen molar-refractivity contribution in [2.45, 2.75) is 24.8 Å². The molecule has 3 nitrogen and oxygen atoms in total. The fourth-order valence-electron chi connectivity index (χ4n) is 2.35. The number of aliphatic hydroxyl groups excluding tert-OH is 1. The molecule has 1 aliphatic carbocycles. The number of hydrogen-bond acceptors (Lipinski definition) is 3. The summed E-state index contributed by atoms with van der Waals surface area (Å²) < 4.78 is 18.7. The highest BCUT2D eigenvalue weighted by Crippen LogP contribution is 2.37. The molecular formula is C14H20FNO2. The van der Waals surface area contributed by atoms with Gasteiger partial charge >= 0.3 is 0 Å². The topological polar surface area (TPSA) is 41.5 Å².